The predicted octanol–water partition coefficient (Wildman–Crippen LogP) is -1.08. The van der Waals surface area contributed by atoms with Gasteiger partial charge in [0.05, 0.1) is 5.56 Å². The van der Waals surface area contributed by atoms with Gasteiger partial charge in [0.15, 0.2) is 0 Å². The molecule has 5 nitrogen and oxygen atoms in total. The first-order chi connectivity index (χ1) is 5.91. The zero-order valence-corrected chi connectivity index (χ0v) is 7.23. The third-order valence-corrected chi connectivity index (χ3v) is 2.36. The Hall–Kier alpha value is -1.16. The van der Waals surface area contributed by atoms with Crippen molar-refractivity contribution in [3.8, 4) is 0 Å². The van der Waals surface area contributed by atoms with Crippen molar-refractivity contribution in [3.05, 3.63) is 29.8 Å². The number of carboxylic acid groups (broad SMARTS) is 1. The molecular formula is C7H5O5P-2. The second-order valence-corrected chi connectivity index (χ2v) is 3.86. The Bertz CT molecular complexity index is 363. The molecule has 1 rings (SSSR count). The van der Waals surface area contributed by atoms with Gasteiger partial charge in [0, 0.05) is 0 Å². The van der Waals surface area contributed by atoms with Crippen LogP contribution in [-0.2, 0) is 4.57 Å². The van der Waals surface area contributed by atoms with Gasteiger partial charge in [-0.05, 0) is 25.0 Å². The van der Waals surface area contributed by atoms with E-state index in [1.165, 1.54) is 0 Å². The lowest BCUT2D eigenvalue weighted by atomic mass is 10.2. The maximum atomic E-state index is 10.4. The van der Waals surface area contributed by atoms with Crippen molar-refractivity contribution in [3.63, 3.8) is 0 Å². The van der Waals surface area contributed by atoms with Gasteiger partial charge in [-0.1, -0.05) is 12.1 Å². The molecule has 0 fully saturated rings. The molecule has 70 valence electrons. The molecule has 0 spiro atoms. The van der Waals surface area contributed by atoms with Gasteiger partial charge < -0.3 is 19.5 Å². The van der Waals surface area contributed by atoms with E-state index < -0.39 is 18.9 Å². The maximum absolute atomic E-state index is 10.4. The van der Waals surface area contributed by atoms with E-state index in [-0.39, 0.29) is 5.56 Å². The van der Waals surface area contributed by atoms with E-state index in [0.29, 0.717) is 0 Å². The van der Waals surface area contributed by atoms with E-state index >= 15 is 0 Å². The molecule has 0 heterocycles. The number of carbonyl (C=O) groups is 1. The van der Waals surface area contributed by atoms with Crippen LogP contribution >= 0.6 is 7.60 Å². The minimum atomic E-state index is -4.76. The van der Waals surface area contributed by atoms with Crippen LogP contribution in [0.4, 0.5) is 0 Å². The summed E-state index contributed by atoms with van der Waals surface area (Å²) >= 11 is 0. The molecule has 0 amide bonds. The molecule has 0 aliphatic rings. The fourth-order valence-electron chi connectivity index (χ4n) is 0.787. The molecule has 0 unspecified atom stereocenters. The van der Waals surface area contributed by atoms with Crippen LogP contribution in [0.1, 0.15) is 10.4 Å². The standard InChI is InChI=1S/C7H7O5P/c8-7(9)5-1-3-6(4-2-5)13(10,11)12/h1-4H,(H,8,9)(H2,10,11,12)/p-2. The number of rotatable bonds is 2. The first-order valence-electron chi connectivity index (χ1n) is 3.27. The third kappa shape index (κ3) is 2.39. The maximum Gasteiger partial charge on any atom is 0.335 e. The van der Waals surface area contributed by atoms with Gasteiger partial charge in [0.1, 0.15) is 0 Å². The Kier molecular flexibility index (Phi) is 2.52. The van der Waals surface area contributed by atoms with E-state index in [9.17, 15) is 19.1 Å². The molecule has 1 aromatic carbocycles. The summed E-state index contributed by atoms with van der Waals surface area (Å²) in [5.74, 6) is -1.17. The summed E-state index contributed by atoms with van der Waals surface area (Å²) in [7, 11) is -4.76. The van der Waals surface area contributed by atoms with Crippen LogP contribution in [0.5, 0.6) is 0 Å². The SMILES string of the molecule is O=C(O)c1ccc(P(=O)([O-])[O-])cc1. The lowest BCUT2D eigenvalue weighted by molar-refractivity contribution is -0.307. The van der Waals surface area contributed by atoms with E-state index in [0.717, 1.165) is 24.3 Å². The van der Waals surface area contributed by atoms with Gasteiger partial charge in [-0.15, -0.1) is 0 Å². The summed E-state index contributed by atoms with van der Waals surface area (Å²) in [4.78, 5) is 31.2. The normalized spacial score (nSPS) is 11.2. The Morgan fingerprint density at radius 3 is 2.00 bits per heavy atom. The highest BCUT2D eigenvalue weighted by Gasteiger charge is 2.02. The number of hydrogen-bond donors (Lipinski definition) is 1. The van der Waals surface area contributed by atoms with Crippen LogP contribution in [0.15, 0.2) is 24.3 Å². The number of benzene rings is 1. The van der Waals surface area contributed by atoms with Crippen molar-refractivity contribution in [2.75, 3.05) is 0 Å². The Balaban J connectivity index is 3.08. The lowest BCUT2D eigenvalue weighted by Gasteiger charge is -2.29. The van der Waals surface area contributed by atoms with Crippen LogP contribution in [0.2, 0.25) is 0 Å². The molecule has 0 saturated heterocycles. The molecule has 0 radical (unpaired) electrons. The van der Waals surface area contributed by atoms with Crippen molar-refractivity contribution >= 4 is 18.9 Å². The molecular weight excluding hydrogens is 195 g/mol. The summed E-state index contributed by atoms with van der Waals surface area (Å²) in [5.41, 5.74) is -0.0581. The van der Waals surface area contributed by atoms with Crippen LogP contribution in [0.3, 0.4) is 0 Å². The highest BCUT2D eigenvalue weighted by atomic mass is 31.2. The van der Waals surface area contributed by atoms with Gasteiger partial charge >= 0.3 is 5.97 Å². The molecule has 6 heteroatoms. The topological polar surface area (TPSA) is 100 Å². The fraction of sp³-hybridized carbons (Fsp3) is 0. The number of carboxylic acids is 1. The van der Waals surface area contributed by atoms with Gasteiger partial charge in [0.2, 0.25) is 0 Å². The first kappa shape index (κ1) is 9.92. The van der Waals surface area contributed by atoms with Crippen molar-refractivity contribution in [2.45, 2.75) is 0 Å². The molecule has 0 bridgehead atoms. The van der Waals surface area contributed by atoms with Gasteiger partial charge in [0.25, 0.3) is 0 Å². The fourth-order valence-corrected chi connectivity index (χ4v) is 1.30. The highest BCUT2D eigenvalue weighted by Crippen LogP contribution is 2.21. The monoisotopic (exact) mass is 200 g/mol. The first-order valence-corrected chi connectivity index (χ1v) is 4.81. The van der Waals surface area contributed by atoms with Crippen LogP contribution in [-0.4, -0.2) is 11.1 Å². The Morgan fingerprint density at radius 2 is 1.69 bits per heavy atom. The minimum absolute atomic E-state index is 0.0581. The molecule has 0 saturated carbocycles. The van der Waals surface area contributed by atoms with Crippen molar-refractivity contribution < 1.29 is 24.3 Å². The summed E-state index contributed by atoms with van der Waals surface area (Å²) < 4.78 is 10.4. The number of hydrogen-bond acceptors (Lipinski definition) is 4. The smallest absolute Gasteiger partial charge is 0.335 e. The average Bonchev–Trinajstić information content (AvgIpc) is 2.03. The summed E-state index contributed by atoms with van der Waals surface area (Å²) in [6, 6.07) is 4.09. The molecule has 0 atom stereocenters. The molecule has 13 heavy (non-hydrogen) atoms. The minimum Gasteiger partial charge on any atom is -0.807 e. The average molecular weight is 200 g/mol. The van der Waals surface area contributed by atoms with E-state index in [1.807, 2.05) is 0 Å². The van der Waals surface area contributed by atoms with Crippen LogP contribution in [0, 0.1) is 0 Å². The molecule has 1 aromatic rings. The van der Waals surface area contributed by atoms with Gasteiger partial charge in [-0.25, -0.2) is 4.79 Å². The predicted molar refractivity (Wildman–Crippen MR) is 40.6 cm³/mol. The van der Waals surface area contributed by atoms with E-state index in [4.69, 9.17) is 5.11 Å². The van der Waals surface area contributed by atoms with Crippen LogP contribution in [0.25, 0.3) is 0 Å². The van der Waals surface area contributed by atoms with Crippen molar-refractivity contribution in [1.82, 2.24) is 0 Å². The summed E-state index contributed by atoms with van der Waals surface area (Å²) in [6.45, 7) is 0. The number of aromatic carboxylic acids is 1. The lowest BCUT2D eigenvalue weighted by Crippen LogP contribution is -2.24. The van der Waals surface area contributed by atoms with Crippen molar-refractivity contribution in [1.29, 1.82) is 0 Å². The third-order valence-electron chi connectivity index (χ3n) is 1.43. The molecule has 1 N–H and O–H groups in total. The quantitative estimate of drug-likeness (QED) is 0.612. The Labute approximate surface area is 73.8 Å². The summed E-state index contributed by atoms with van der Waals surface area (Å²) in [6.07, 6.45) is 0. The second kappa shape index (κ2) is 3.30. The van der Waals surface area contributed by atoms with E-state index in [2.05, 4.69) is 0 Å². The zero-order chi connectivity index (χ0) is 10.1. The molecule has 0 aromatic heterocycles. The van der Waals surface area contributed by atoms with Crippen molar-refractivity contribution in [2.24, 2.45) is 0 Å². The highest BCUT2D eigenvalue weighted by molar-refractivity contribution is 7.57. The largest absolute Gasteiger partial charge is 0.807 e. The zero-order valence-electron chi connectivity index (χ0n) is 6.34. The molecule has 0 aliphatic heterocycles. The van der Waals surface area contributed by atoms with Gasteiger partial charge in [-0.2, -0.15) is 0 Å². The molecule has 0 aliphatic carbocycles. The van der Waals surface area contributed by atoms with Gasteiger partial charge in [-0.3, -0.25) is 0 Å². The summed E-state index contributed by atoms with van der Waals surface area (Å²) in [5, 5.41) is 8.05. The van der Waals surface area contributed by atoms with E-state index in [1.54, 1.807) is 0 Å². The van der Waals surface area contributed by atoms with Crippen LogP contribution < -0.4 is 15.1 Å². The Morgan fingerprint density at radius 1 is 1.23 bits per heavy atom. The second-order valence-electron chi connectivity index (χ2n) is 2.35.